The maximum Gasteiger partial charge on any atom is 0.326 e. The number of anilines is 2. The highest BCUT2D eigenvalue weighted by molar-refractivity contribution is 6.31. The van der Waals surface area contributed by atoms with Crippen LogP contribution in [-0.4, -0.2) is 42.9 Å². The fraction of sp³-hybridized carbons (Fsp3) is 0.267. The summed E-state index contributed by atoms with van der Waals surface area (Å²) < 4.78 is 5.13. The van der Waals surface area contributed by atoms with Crippen LogP contribution in [0.25, 0.3) is 0 Å². The number of fused-ring (bicyclic) bond motifs is 4. The zero-order valence-electron chi connectivity index (χ0n) is 21.2. The fourth-order valence-corrected chi connectivity index (χ4v) is 6.54. The van der Waals surface area contributed by atoms with Crippen molar-refractivity contribution in [2.24, 2.45) is 11.8 Å². The summed E-state index contributed by atoms with van der Waals surface area (Å²) in [7, 11) is 0. The number of amides is 3. The van der Waals surface area contributed by atoms with Crippen molar-refractivity contribution in [2.75, 3.05) is 23.0 Å². The van der Waals surface area contributed by atoms with Crippen molar-refractivity contribution in [3.63, 3.8) is 0 Å². The number of carbonyl (C=O) groups is 4. The fourth-order valence-electron chi connectivity index (χ4n) is 6.35. The molecule has 198 valence electrons. The van der Waals surface area contributed by atoms with Gasteiger partial charge in [0.25, 0.3) is 5.91 Å². The molecule has 2 fully saturated rings. The second-order valence-electron chi connectivity index (χ2n) is 9.96. The van der Waals surface area contributed by atoms with Gasteiger partial charge in [-0.25, -0.2) is 4.90 Å². The van der Waals surface area contributed by atoms with Crippen molar-refractivity contribution in [2.45, 2.75) is 24.9 Å². The van der Waals surface area contributed by atoms with Gasteiger partial charge in [-0.15, -0.1) is 0 Å². The molecule has 2 saturated heterocycles. The van der Waals surface area contributed by atoms with Crippen LogP contribution in [0, 0.1) is 11.8 Å². The third-order valence-electron chi connectivity index (χ3n) is 7.82. The summed E-state index contributed by atoms with van der Waals surface area (Å²) >= 11 is 6.21. The minimum atomic E-state index is -1.52. The quantitative estimate of drug-likeness (QED) is 0.378. The van der Waals surface area contributed by atoms with E-state index >= 15 is 0 Å². The number of ether oxygens (including phenoxy) is 1. The summed E-state index contributed by atoms with van der Waals surface area (Å²) in [6, 6.07) is 22.8. The minimum absolute atomic E-state index is 0.178. The van der Waals surface area contributed by atoms with Gasteiger partial charge in [0.05, 0.1) is 24.1 Å². The smallest absolute Gasteiger partial charge is 0.326 e. The Kier molecular flexibility index (Phi) is 6.24. The van der Waals surface area contributed by atoms with Crippen LogP contribution in [-0.2, 0) is 35.9 Å². The zero-order chi connectivity index (χ0) is 27.3. The van der Waals surface area contributed by atoms with E-state index in [2.05, 4.69) is 5.32 Å². The number of nitrogens with one attached hydrogen (secondary N) is 1. The van der Waals surface area contributed by atoms with Gasteiger partial charge in [0, 0.05) is 22.3 Å². The van der Waals surface area contributed by atoms with Crippen LogP contribution in [0.1, 0.15) is 18.1 Å². The predicted octanol–water partition coefficient (Wildman–Crippen LogP) is 3.47. The molecule has 0 aromatic heterocycles. The van der Waals surface area contributed by atoms with Crippen LogP contribution in [0.3, 0.4) is 0 Å². The van der Waals surface area contributed by atoms with E-state index in [4.69, 9.17) is 16.3 Å². The first kappa shape index (κ1) is 25.3. The lowest BCUT2D eigenvalue weighted by atomic mass is 9.76. The number of carbonyl (C=O) groups excluding carboxylic acids is 4. The Bertz CT molecular complexity index is 1490. The SMILES string of the molecule is CCOC(=O)CN1C(=O)[C@]2(N[C@H](Cc3ccccc3)[C@@H]3C(=O)N(c4cccc(Cl)c4)C(=O)[C@@H]32)c2ccccc21. The molecule has 3 aliphatic heterocycles. The summed E-state index contributed by atoms with van der Waals surface area (Å²) in [6.45, 7) is 1.58. The number of hydrogen-bond donors (Lipinski definition) is 1. The Labute approximate surface area is 230 Å². The number of hydrogen-bond acceptors (Lipinski definition) is 6. The van der Waals surface area contributed by atoms with E-state index in [1.54, 1.807) is 55.5 Å². The first-order chi connectivity index (χ1) is 18.9. The largest absolute Gasteiger partial charge is 0.465 e. The molecule has 0 bridgehead atoms. The third kappa shape index (κ3) is 3.85. The van der Waals surface area contributed by atoms with E-state index in [1.807, 2.05) is 30.3 Å². The van der Waals surface area contributed by atoms with Gasteiger partial charge in [-0.3, -0.25) is 29.4 Å². The van der Waals surface area contributed by atoms with Gasteiger partial charge < -0.3 is 4.74 Å². The molecule has 3 amide bonds. The number of rotatable bonds is 6. The summed E-state index contributed by atoms with van der Waals surface area (Å²) in [4.78, 5) is 57.6. The number of benzene rings is 3. The van der Waals surface area contributed by atoms with E-state index < -0.39 is 41.2 Å². The summed E-state index contributed by atoms with van der Waals surface area (Å²) in [5.41, 5.74) is 0.896. The third-order valence-corrected chi connectivity index (χ3v) is 8.06. The lowest BCUT2D eigenvalue weighted by Gasteiger charge is -2.30. The molecule has 8 nitrogen and oxygen atoms in total. The van der Waals surface area contributed by atoms with Gasteiger partial charge in [0.1, 0.15) is 12.1 Å². The zero-order valence-corrected chi connectivity index (χ0v) is 21.9. The number of halogens is 1. The van der Waals surface area contributed by atoms with Crippen LogP contribution in [0.5, 0.6) is 0 Å². The number of para-hydroxylation sites is 1. The van der Waals surface area contributed by atoms with Crippen molar-refractivity contribution in [1.29, 1.82) is 0 Å². The monoisotopic (exact) mass is 543 g/mol. The minimum Gasteiger partial charge on any atom is -0.465 e. The van der Waals surface area contributed by atoms with E-state index in [1.165, 1.54) is 4.90 Å². The molecule has 3 aromatic carbocycles. The lowest BCUT2D eigenvalue weighted by Crippen LogP contribution is -2.56. The Hall–Kier alpha value is -4.01. The topological polar surface area (TPSA) is 96.0 Å². The first-order valence-electron chi connectivity index (χ1n) is 12.9. The highest BCUT2D eigenvalue weighted by Gasteiger charge is 2.71. The van der Waals surface area contributed by atoms with Crippen molar-refractivity contribution in [1.82, 2.24) is 5.32 Å². The molecule has 6 rings (SSSR count). The first-order valence-corrected chi connectivity index (χ1v) is 13.3. The molecule has 1 spiro atoms. The number of esters is 1. The lowest BCUT2D eigenvalue weighted by molar-refractivity contribution is -0.142. The number of nitrogens with zero attached hydrogens (tertiary/aromatic N) is 2. The molecule has 3 aliphatic rings. The predicted molar refractivity (Wildman–Crippen MR) is 145 cm³/mol. The second kappa shape index (κ2) is 9.63. The van der Waals surface area contributed by atoms with E-state index in [0.717, 1.165) is 10.5 Å². The molecule has 1 N–H and O–H groups in total. The van der Waals surface area contributed by atoms with Crippen LogP contribution < -0.4 is 15.1 Å². The van der Waals surface area contributed by atoms with Gasteiger partial charge in [-0.2, -0.15) is 0 Å². The average molecular weight is 544 g/mol. The molecule has 3 heterocycles. The Morgan fingerprint density at radius 1 is 0.974 bits per heavy atom. The Balaban J connectivity index is 1.49. The van der Waals surface area contributed by atoms with Gasteiger partial charge in [-0.05, 0) is 43.2 Å². The second-order valence-corrected chi connectivity index (χ2v) is 10.4. The van der Waals surface area contributed by atoms with Crippen LogP contribution in [0.2, 0.25) is 5.02 Å². The molecule has 0 unspecified atom stereocenters. The molecule has 3 aromatic rings. The van der Waals surface area contributed by atoms with Gasteiger partial charge in [-0.1, -0.05) is 66.2 Å². The van der Waals surface area contributed by atoms with Crippen LogP contribution >= 0.6 is 11.6 Å². The molecular weight excluding hydrogens is 518 g/mol. The van der Waals surface area contributed by atoms with Crippen LogP contribution in [0.15, 0.2) is 78.9 Å². The Morgan fingerprint density at radius 3 is 2.46 bits per heavy atom. The summed E-state index contributed by atoms with van der Waals surface area (Å²) in [5.74, 6) is -3.68. The molecule has 0 aliphatic carbocycles. The number of imide groups is 1. The van der Waals surface area contributed by atoms with Gasteiger partial charge in [0.15, 0.2) is 0 Å². The molecule has 4 atom stereocenters. The summed E-state index contributed by atoms with van der Waals surface area (Å²) in [6.07, 6.45) is 0.430. The molecule has 0 radical (unpaired) electrons. The van der Waals surface area contributed by atoms with Gasteiger partial charge >= 0.3 is 5.97 Å². The Morgan fingerprint density at radius 2 is 1.72 bits per heavy atom. The van der Waals surface area contributed by atoms with Crippen molar-refractivity contribution in [3.8, 4) is 0 Å². The highest BCUT2D eigenvalue weighted by atomic mass is 35.5. The maximum atomic E-state index is 14.4. The maximum absolute atomic E-state index is 14.4. The van der Waals surface area contributed by atoms with Crippen molar-refractivity contribution < 1.29 is 23.9 Å². The summed E-state index contributed by atoms with van der Waals surface area (Å²) in [5, 5.41) is 3.86. The van der Waals surface area contributed by atoms with E-state index in [9.17, 15) is 19.2 Å². The van der Waals surface area contributed by atoms with Crippen molar-refractivity contribution in [3.05, 3.63) is 95.0 Å². The normalized spacial score (nSPS) is 25.4. The average Bonchev–Trinajstić information content (AvgIpc) is 3.48. The highest BCUT2D eigenvalue weighted by Crippen LogP contribution is 2.55. The van der Waals surface area contributed by atoms with E-state index in [0.29, 0.717) is 28.4 Å². The molecule has 9 heteroatoms. The van der Waals surface area contributed by atoms with Crippen LogP contribution in [0.4, 0.5) is 11.4 Å². The van der Waals surface area contributed by atoms with Gasteiger partial charge in [0.2, 0.25) is 11.8 Å². The standard InChI is InChI=1S/C30H26ClN3O5/c1-2-39-24(35)17-33-23-14-7-6-13-21(23)30(29(33)38)26-25(22(32-30)15-18-9-4-3-5-10-18)27(36)34(28(26)37)20-12-8-11-19(31)16-20/h3-14,16,22,25-26,32H,2,15,17H2,1H3/t22-,25+,26-,30+/m1/s1. The van der Waals surface area contributed by atoms with E-state index in [-0.39, 0.29) is 19.1 Å². The molecule has 39 heavy (non-hydrogen) atoms. The molecule has 0 saturated carbocycles. The molecular formula is C30H26ClN3O5. The van der Waals surface area contributed by atoms with Crippen molar-refractivity contribution >= 4 is 46.7 Å².